The van der Waals surface area contributed by atoms with Crippen molar-refractivity contribution >= 4 is 41.0 Å². The molecule has 0 aromatic heterocycles. The number of carbonyl (C=O) groups excluding carboxylic acids is 3. The summed E-state index contributed by atoms with van der Waals surface area (Å²) in [6.07, 6.45) is -2.28. The molecule has 4 amide bonds. The Morgan fingerprint density at radius 2 is 1.73 bits per heavy atom. The van der Waals surface area contributed by atoms with Gasteiger partial charge in [-0.15, -0.1) is 6.58 Å². The molecule has 3 aromatic carbocycles. The van der Waals surface area contributed by atoms with E-state index in [1.54, 1.807) is 0 Å². The van der Waals surface area contributed by atoms with Crippen LogP contribution in [0.5, 0.6) is 17.2 Å². The number of carbonyl (C=O) groups is 3. The minimum atomic E-state index is -4.84. The Morgan fingerprint density at radius 3 is 2.34 bits per heavy atom. The van der Waals surface area contributed by atoms with Crippen molar-refractivity contribution in [2.45, 2.75) is 12.6 Å². The number of allylic oxidation sites excluding steroid dienone is 1. The number of hydrogen-bond donors (Lipinski definition) is 1. The van der Waals surface area contributed by atoms with Crippen molar-refractivity contribution in [1.29, 1.82) is 0 Å². The van der Waals surface area contributed by atoms with E-state index >= 15 is 0 Å². The smallest absolute Gasteiger partial charge is 0.416 e. The van der Waals surface area contributed by atoms with Gasteiger partial charge in [-0.05, 0) is 48.4 Å². The maximum absolute atomic E-state index is 13.3. The topological polar surface area (TPSA) is 171 Å². The second-order valence-corrected chi connectivity index (χ2v) is 8.98. The number of nitro benzene ring substituents is 2. The van der Waals surface area contributed by atoms with Gasteiger partial charge in [0.15, 0.2) is 11.5 Å². The molecule has 44 heavy (non-hydrogen) atoms. The van der Waals surface area contributed by atoms with Crippen molar-refractivity contribution in [3.05, 3.63) is 110 Å². The van der Waals surface area contributed by atoms with Crippen LogP contribution in [0.15, 0.2) is 72.8 Å². The fourth-order valence-electron chi connectivity index (χ4n) is 4.18. The van der Waals surface area contributed by atoms with Crippen LogP contribution in [0, 0.1) is 20.2 Å². The van der Waals surface area contributed by atoms with Gasteiger partial charge in [0.25, 0.3) is 17.5 Å². The lowest BCUT2D eigenvalue weighted by Gasteiger charge is -2.26. The van der Waals surface area contributed by atoms with E-state index in [2.05, 4.69) is 6.58 Å². The number of benzene rings is 3. The number of imide groups is 2. The molecular weight excluding hydrogens is 593 g/mol. The number of nitrogens with one attached hydrogen (secondary N) is 1. The van der Waals surface area contributed by atoms with Gasteiger partial charge >= 0.3 is 17.9 Å². The molecule has 1 aliphatic rings. The van der Waals surface area contributed by atoms with E-state index in [-0.39, 0.29) is 34.7 Å². The van der Waals surface area contributed by atoms with Crippen LogP contribution >= 0.6 is 0 Å². The largest absolute Gasteiger partial charge is 0.493 e. The molecule has 1 saturated heterocycles. The highest BCUT2D eigenvalue weighted by atomic mass is 19.4. The molecule has 1 N–H and O–H groups in total. The highest BCUT2D eigenvalue weighted by Gasteiger charge is 2.38. The lowest BCUT2D eigenvalue weighted by atomic mass is 10.0. The number of alkyl halides is 3. The number of methoxy groups -OCH3 is 1. The number of barbiturate groups is 1. The molecule has 1 aliphatic heterocycles. The zero-order chi connectivity index (χ0) is 32.3. The standard InChI is InChI=1S/C28H19F3N4O9/c1-3-5-16-10-15(11-20-25(36)32-27(38)33(26(20)37)18-6-4-7-19(14-18)34(39)40)12-23(43-2)24(16)44-22-9-8-17(28(29,30)31)13-21(22)35(41)42/h3-4,6-14H,1,5H2,2H3,(H,32,36,38)/b20-11+. The summed E-state index contributed by atoms with van der Waals surface area (Å²) in [6.45, 7) is 3.63. The quantitative estimate of drug-likeness (QED) is 0.104. The summed E-state index contributed by atoms with van der Waals surface area (Å²) in [7, 11) is 1.21. The predicted molar refractivity (Wildman–Crippen MR) is 147 cm³/mol. The summed E-state index contributed by atoms with van der Waals surface area (Å²) in [5.74, 6) is -2.88. The maximum Gasteiger partial charge on any atom is 0.416 e. The third-order valence-corrected chi connectivity index (χ3v) is 6.14. The summed E-state index contributed by atoms with van der Waals surface area (Å²) >= 11 is 0. The van der Waals surface area contributed by atoms with Gasteiger partial charge in [-0.3, -0.25) is 35.1 Å². The molecule has 0 aliphatic carbocycles. The highest BCUT2D eigenvalue weighted by Crippen LogP contribution is 2.42. The SMILES string of the molecule is C=CCc1cc(/C=C2\C(=O)NC(=O)N(c3cccc([N+](=O)[O-])c3)C2=O)cc(OC)c1Oc1ccc(C(F)(F)F)cc1[N+](=O)[O-]. The van der Waals surface area contributed by atoms with E-state index in [0.29, 0.717) is 17.0 Å². The molecule has 1 fully saturated rings. The molecule has 0 atom stereocenters. The lowest BCUT2D eigenvalue weighted by Crippen LogP contribution is -2.54. The first kappa shape index (κ1) is 30.9. The molecule has 3 aromatic rings. The number of halogens is 3. The Balaban J connectivity index is 1.78. The highest BCUT2D eigenvalue weighted by molar-refractivity contribution is 6.39. The first-order valence-corrected chi connectivity index (χ1v) is 12.3. The van der Waals surface area contributed by atoms with Gasteiger partial charge in [-0.2, -0.15) is 13.2 Å². The number of hydrogen-bond acceptors (Lipinski definition) is 9. The van der Waals surface area contributed by atoms with Crippen LogP contribution in [0.3, 0.4) is 0 Å². The average Bonchev–Trinajstić information content (AvgIpc) is 2.96. The number of amides is 4. The minimum absolute atomic E-state index is 0.0373. The first-order chi connectivity index (χ1) is 20.7. The van der Waals surface area contributed by atoms with Gasteiger partial charge in [0.1, 0.15) is 5.57 Å². The van der Waals surface area contributed by atoms with Crippen molar-refractivity contribution in [3.8, 4) is 17.2 Å². The summed E-state index contributed by atoms with van der Waals surface area (Å²) < 4.78 is 50.5. The summed E-state index contributed by atoms with van der Waals surface area (Å²) in [4.78, 5) is 60.0. The van der Waals surface area contributed by atoms with Crippen molar-refractivity contribution in [3.63, 3.8) is 0 Å². The van der Waals surface area contributed by atoms with Gasteiger partial charge in [-0.1, -0.05) is 12.1 Å². The zero-order valence-corrected chi connectivity index (χ0v) is 22.4. The fourth-order valence-corrected chi connectivity index (χ4v) is 4.18. The monoisotopic (exact) mass is 612 g/mol. The Kier molecular flexibility index (Phi) is 8.46. The number of ether oxygens (including phenoxy) is 2. The number of rotatable bonds is 9. The fraction of sp³-hybridized carbons (Fsp3) is 0.107. The Labute approximate surface area is 245 Å². The molecule has 16 heteroatoms. The molecular formula is C28H19F3N4O9. The Bertz CT molecular complexity index is 1770. The van der Waals surface area contributed by atoms with Crippen molar-refractivity contribution < 1.29 is 46.9 Å². The summed E-state index contributed by atoms with van der Waals surface area (Å²) in [6, 6.07) is 7.91. The third-order valence-electron chi connectivity index (χ3n) is 6.14. The second kappa shape index (κ2) is 12.0. The third kappa shape index (κ3) is 6.23. The number of non-ortho nitro benzene ring substituents is 1. The van der Waals surface area contributed by atoms with Crippen LogP contribution < -0.4 is 19.7 Å². The normalized spacial score (nSPS) is 14.3. The van der Waals surface area contributed by atoms with E-state index < -0.39 is 62.1 Å². The van der Waals surface area contributed by atoms with Crippen LogP contribution in [0.25, 0.3) is 6.08 Å². The molecule has 0 bridgehead atoms. The van der Waals surface area contributed by atoms with Crippen molar-refractivity contribution in [1.82, 2.24) is 5.32 Å². The second-order valence-electron chi connectivity index (χ2n) is 8.98. The molecule has 0 spiro atoms. The zero-order valence-electron chi connectivity index (χ0n) is 22.4. The molecule has 0 radical (unpaired) electrons. The molecule has 4 rings (SSSR count). The lowest BCUT2D eigenvalue weighted by molar-refractivity contribution is -0.385. The molecule has 0 unspecified atom stereocenters. The van der Waals surface area contributed by atoms with Gasteiger partial charge < -0.3 is 9.47 Å². The average molecular weight is 612 g/mol. The van der Waals surface area contributed by atoms with E-state index in [4.69, 9.17) is 9.47 Å². The molecule has 1 heterocycles. The van der Waals surface area contributed by atoms with E-state index in [9.17, 15) is 47.8 Å². The Hall–Kier alpha value is -6.06. The van der Waals surface area contributed by atoms with Gasteiger partial charge in [0, 0.05) is 23.8 Å². The van der Waals surface area contributed by atoms with Crippen LogP contribution in [-0.2, 0) is 22.2 Å². The van der Waals surface area contributed by atoms with Gasteiger partial charge in [-0.25, -0.2) is 9.69 Å². The van der Waals surface area contributed by atoms with Crippen molar-refractivity contribution in [2.24, 2.45) is 0 Å². The number of anilines is 1. The van der Waals surface area contributed by atoms with E-state index in [0.717, 1.165) is 24.3 Å². The van der Waals surface area contributed by atoms with Gasteiger partial charge in [0.2, 0.25) is 5.75 Å². The first-order valence-electron chi connectivity index (χ1n) is 12.3. The van der Waals surface area contributed by atoms with Crippen LogP contribution in [0.4, 0.5) is 35.0 Å². The molecule has 0 saturated carbocycles. The van der Waals surface area contributed by atoms with Crippen LogP contribution in [0.2, 0.25) is 0 Å². The number of nitro groups is 2. The van der Waals surface area contributed by atoms with E-state index in [1.165, 1.54) is 37.5 Å². The number of urea groups is 1. The predicted octanol–water partition coefficient (Wildman–Crippen LogP) is 5.72. The van der Waals surface area contributed by atoms with Crippen LogP contribution in [0.1, 0.15) is 16.7 Å². The van der Waals surface area contributed by atoms with Crippen molar-refractivity contribution in [2.75, 3.05) is 12.0 Å². The Morgan fingerprint density at radius 1 is 1.00 bits per heavy atom. The molecule has 13 nitrogen and oxygen atoms in total. The minimum Gasteiger partial charge on any atom is -0.493 e. The van der Waals surface area contributed by atoms with Crippen LogP contribution in [-0.4, -0.2) is 34.8 Å². The maximum atomic E-state index is 13.3. The van der Waals surface area contributed by atoms with Gasteiger partial charge in [0.05, 0.1) is 28.2 Å². The molecule has 226 valence electrons. The summed E-state index contributed by atoms with van der Waals surface area (Å²) in [5.41, 5.74) is -2.94. The van der Waals surface area contributed by atoms with E-state index in [1.807, 2.05) is 5.32 Å². The number of nitrogens with zero attached hydrogens (tertiary/aromatic N) is 3. The summed E-state index contributed by atoms with van der Waals surface area (Å²) in [5, 5.41) is 24.7.